The molecule has 1 aromatic carbocycles. The van der Waals surface area contributed by atoms with Gasteiger partial charge in [-0.25, -0.2) is 19.9 Å². The quantitative estimate of drug-likeness (QED) is 0.455. The van der Waals surface area contributed by atoms with Crippen molar-refractivity contribution < 1.29 is 4.79 Å². The lowest BCUT2D eigenvalue weighted by Crippen LogP contribution is -2.46. The van der Waals surface area contributed by atoms with Crippen LogP contribution in [0.1, 0.15) is 18.5 Å². The zero-order chi connectivity index (χ0) is 21.9. The summed E-state index contributed by atoms with van der Waals surface area (Å²) in [7, 11) is 0. The Bertz CT molecular complexity index is 1220. The second kappa shape index (κ2) is 8.72. The van der Waals surface area contributed by atoms with Crippen LogP contribution in [-0.4, -0.2) is 67.3 Å². The van der Waals surface area contributed by atoms with E-state index in [0.717, 1.165) is 60.7 Å². The number of anilines is 2. The van der Waals surface area contributed by atoms with E-state index in [1.807, 2.05) is 41.4 Å². The monoisotopic (exact) mass is 428 g/mol. The Morgan fingerprint density at radius 2 is 1.94 bits per heavy atom. The van der Waals surface area contributed by atoms with Crippen LogP contribution in [0.5, 0.6) is 0 Å². The van der Waals surface area contributed by atoms with Gasteiger partial charge in [0, 0.05) is 50.2 Å². The predicted octanol–water partition coefficient (Wildman–Crippen LogP) is 2.99. The molecule has 2 N–H and O–H groups in total. The summed E-state index contributed by atoms with van der Waals surface area (Å²) in [6.45, 7) is 5.44. The summed E-state index contributed by atoms with van der Waals surface area (Å²) < 4.78 is 0. The number of imidazole rings is 1. The minimum atomic E-state index is 0.235. The Labute approximate surface area is 185 Å². The SMILES string of the molecule is C[C@H](c1ccnc(Nc2nc3ccc(-c4ccncn4)cc3[nH]2)c1)N1CCN(C=O)CC1. The lowest BCUT2D eigenvalue weighted by Gasteiger charge is -2.36. The first-order valence-electron chi connectivity index (χ1n) is 10.6. The smallest absolute Gasteiger partial charge is 0.209 e. The van der Waals surface area contributed by atoms with E-state index < -0.39 is 0 Å². The first-order chi connectivity index (χ1) is 15.7. The number of carbonyl (C=O) groups excluding carboxylic acids is 1. The zero-order valence-corrected chi connectivity index (χ0v) is 17.8. The summed E-state index contributed by atoms with van der Waals surface area (Å²) in [4.78, 5) is 35.9. The molecule has 0 unspecified atom stereocenters. The summed E-state index contributed by atoms with van der Waals surface area (Å²) in [5.41, 5.74) is 4.82. The van der Waals surface area contributed by atoms with Crippen LogP contribution in [0.2, 0.25) is 0 Å². The predicted molar refractivity (Wildman–Crippen MR) is 122 cm³/mol. The van der Waals surface area contributed by atoms with Gasteiger partial charge in [0.25, 0.3) is 0 Å². The van der Waals surface area contributed by atoms with Gasteiger partial charge in [0.2, 0.25) is 12.4 Å². The number of aromatic nitrogens is 5. The van der Waals surface area contributed by atoms with E-state index in [1.165, 1.54) is 5.56 Å². The molecule has 0 spiro atoms. The molecule has 0 saturated carbocycles. The van der Waals surface area contributed by atoms with Crippen LogP contribution < -0.4 is 5.32 Å². The largest absolute Gasteiger partial charge is 0.343 e. The first kappa shape index (κ1) is 20.1. The van der Waals surface area contributed by atoms with Crippen LogP contribution in [0.3, 0.4) is 0 Å². The highest BCUT2D eigenvalue weighted by Crippen LogP contribution is 2.26. The lowest BCUT2D eigenvalue weighted by molar-refractivity contribution is -0.120. The van der Waals surface area contributed by atoms with Gasteiger partial charge in [-0.15, -0.1) is 0 Å². The molecular formula is C23H24N8O. The maximum absolute atomic E-state index is 11.0. The minimum absolute atomic E-state index is 0.235. The van der Waals surface area contributed by atoms with E-state index >= 15 is 0 Å². The van der Waals surface area contributed by atoms with Crippen LogP contribution in [0.4, 0.5) is 11.8 Å². The molecule has 9 heteroatoms. The number of piperazine rings is 1. The average molecular weight is 429 g/mol. The summed E-state index contributed by atoms with van der Waals surface area (Å²) in [5, 5.41) is 3.29. The first-order valence-corrected chi connectivity index (χ1v) is 10.6. The van der Waals surface area contributed by atoms with E-state index in [9.17, 15) is 4.79 Å². The van der Waals surface area contributed by atoms with Crippen molar-refractivity contribution in [2.45, 2.75) is 13.0 Å². The molecule has 162 valence electrons. The number of aromatic amines is 1. The second-order valence-corrected chi connectivity index (χ2v) is 7.86. The molecule has 32 heavy (non-hydrogen) atoms. The van der Waals surface area contributed by atoms with Crippen molar-refractivity contribution in [3.8, 4) is 11.3 Å². The van der Waals surface area contributed by atoms with E-state index in [2.05, 4.69) is 48.1 Å². The molecule has 5 rings (SSSR count). The van der Waals surface area contributed by atoms with E-state index in [0.29, 0.717) is 5.95 Å². The van der Waals surface area contributed by atoms with Gasteiger partial charge in [0.15, 0.2) is 0 Å². The zero-order valence-electron chi connectivity index (χ0n) is 17.8. The number of amides is 1. The second-order valence-electron chi connectivity index (χ2n) is 7.86. The van der Waals surface area contributed by atoms with Gasteiger partial charge in [-0.1, -0.05) is 6.07 Å². The Morgan fingerprint density at radius 3 is 2.72 bits per heavy atom. The maximum atomic E-state index is 11.0. The van der Waals surface area contributed by atoms with Gasteiger partial charge in [-0.2, -0.15) is 0 Å². The number of hydrogen-bond acceptors (Lipinski definition) is 7. The number of rotatable bonds is 6. The third-order valence-corrected chi connectivity index (χ3v) is 5.92. The van der Waals surface area contributed by atoms with Crippen molar-refractivity contribution in [2.75, 3.05) is 31.5 Å². The van der Waals surface area contributed by atoms with E-state index in [1.54, 1.807) is 12.5 Å². The minimum Gasteiger partial charge on any atom is -0.343 e. The molecule has 9 nitrogen and oxygen atoms in total. The number of fused-ring (bicyclic) bond motifs is 1. The third kappa shape index (κ3) is 4.15. The highest BCUT2D eigenvalue weighted by atomic mass is 16.1. The highest BCUT2D eigenvalue weighted by Gasteiger charge is 2.21. The van der Waals surface area contributed by atoms with Crippen LogP contribution in [0, 0.1) is 0 Å². The highest BCUT2D eigenvalue weighted by molar-refractivity contribution is 5.83. The molecule has 0 bridgehead atoms. The standard InChI is InChI=1S/C23H24N8O/c1-16(31-10-8-30(15-32)9-11-31)17-4-7-25-22(13-17)29-23-27-20-3-2-18(12-21(20)28-23)19-5-6-24-14-26-19/h2-7,12-16H,8-11H2,1H3,(H2,25,27,28,29)/t16-/m1/s1. The molecule has 1 amide bonds. The number of nitrogens with one attached hydrogen (secondary N) is 2. The summed E-state index contributed by atoms with van der Waals surface area (Å²) >= 11 is 0. The molecule has 1 fully saturated rings. The summed E-state index contributed by atoms with van der Waals surface area (Å²) in [6.07, 6.45) is 6.02. The normalized spacial score (nSPS) is 15.6. The van der Waals surface area contributed by atoms with Crippen molar-refractivity contribution in [1.29, 1.82) is 0 Å². The molecule has 1 saturated heterocycles. The molecule has 1 aliphatic rings. The van der Waals surface area contributed by atoms with Crippen LogP contribution >= 0.6 is 0 Å². The summed E-state index contributed by atoms with van der Waals surface area (Å²) in [5.74, 6) is 1.37. The van der Waals surface area contributed by atoms with E-state index in [-0.39, 0.29) is 6.04 Å². The van der Waals surface area contributed by atoms with Crippen molar-refractivity contribution in [3.63, 3.8) is 0 Å². The van der Waals surface area contributed by atoms with Gasteiger partial charge >= 0.3 is 0 Å². The lowest BCUT2D eigenvalue weighted by atomic mass is 10.1. The molecule has 0 radical (unpaired) electrons. The number of hydrogen-bond donors (Lipinski definition) is 2. The van der Waals surface area contributed by atoms with Gasteiger partial charge in [-0.05, 0) is 42.8 Å². The Hall–Kier alpha value is -3.85. The van der Waals surface area contributed by atoms with Crippen LogP contribution in [-0.2, 0) is 4.79 Å². The number of pyridine rings is 1. The molecule has 0 aliphatic carbocycles. The van der Waals surface area contributed by atoms with Crippen LogP contribution in [0.15, 0.2) is 55.1 Å². The topological polar surface area (TPSA) is 103 Å². The van der Waals surface area contributed by atoms with Crippen LogP contribution in [0.25, 0.3) is 22.3 Å². The van der Waals surface area contributed by atoms with Gasteiger partial charge in [0.1, 0.15) is 12.1 Å². The maximum Gasteiger partial charge on any atom is 0.209 e. The van der Waals surface area contributed by atoms with Crippen molar-refractivity contribution in [2.24, 2.45) is 0 Å². The molecule has 3 aromatic heterocycles. The molecule has 1 atom stereocenters. The Kier molecular flexibility index (Phi) is 5.47. The molecular weight excluding hydrogens is 404 g/mol. The Balaban J connectivity index is 1.32. The molecule has 4 aromatic rings. The average Bonchev–Trinajstić information content (AvgIpc) is 3.26. The van der Waals surface area contributed by atoms with Crippen molar-refractivity contribution >= 4 is 29.2 Å². The fraction of sp³-hybridized carbons (Fsp3) is 0.261. The fourth-order valence-corrected chi connectivity index (χ4v) is 4.03. The number of H-pyrrole nitrogens is 1. The summed E-state index contributed by atoms with van der Waals surface area (Å²) in [6, 6.07) is 12.2. The molecule has 4 heterocycles. The van der Waals surface area contributed by atoms with Crippen molar-refractivity contribution in [3.05, 3.63) is 60.7 Å². The molecule has 1 aliphatic heterocycles. The van der Waals surface area contributed by atoms with Crippen molar-refractivity contribution in [1.82, 2.24) is 34.7 Å². The third-order valence-electron chi connectivity index (χ3n) is 5.92. The number of nitrogens with zero attached hydrogens (tertiary/aromatic N) is 6. The van der Waals surface area contributed by atoms with Gasteiger partial charge in [0.05, 0.1) is 16.7 Å². The Morgan fingerprint density at radius 1 is 1.06 bits per heavy atom. The van der Waals surface area contributed by atoms with E-state index in [4.69, 9.17) is 0 Å². The fourth-order valence-electron chi connectivity index (χ4n) is 4.03. The number of benzene rings is 1. The number of carbonyl (C=O) groups is 1. The van der Waals surface area contributed by atoms with Gasteiger partial charge < -0.3 is 15.2 Å². The van der Waals surface area contributed by atoms with Gasteiger partial charge in [-0.3, -0.25) is 9.69 Å².